The van der Waals surface area contributed by atoms with Gasteiger partial charge in [0.05, 0.1) is 13.2 Å². The molecular weight excluding hydrogens is 470 g/mol. The first kappa shape index (κ1) is 24.4. The molecule has 0 saturated carbocycles. The van der Waals surface area contributed by atoms with Gasteiger partial charge in [-0.2, -0.15) is 0 Å². The molecular formula is C25H25N3O6S. The van der Waals surface area contributed by atoms with Crippen molar-refractivity contribution in [1.82, 2.24) is 15.6 Å². The van der Waals surface area contributed by atoms with Crippen molar-refractivity contribution >= 4 is 29.3 Å². The largest absolute Gasteiger partial charge is 0.479 e. The Morgan fingerprint density at radius 3 is 2.31 bits per heavy atom. The molecule has 3 aromatic rings. The number of aromatic nitrogens is 1. The number of rotatable bonds is 9. The lowest BCUT2D eigenvalue weighted by Crippen LogP contribution is -2.55. The van der Waals surface area contributed by atoms with Crippen LogP contribution in [0.5, 0.6) is 0 Å². The van der Waals surface area contributed by atoms with E-state index in [1.807, 2.05) is 36.4 Å². The van der Waals surface area contributed by atoms with Crippen molar-refractivity contribution in [3.8, 4) is 11.1 Å². The van der Waals surface area contributed by atoms with Crippen molar-refractivity contribution in [3.63, 3.8) is 0 Å². The van der Waals surface area contributed by atoms with E-state index in [-0.39, 0.29) is 31.4 Å². The van der Waals surface area contributed by atoms with Gasteiger partial charge in [-0.3, -0.25) is 4.79 Å². The Morgan fingerprint density at radius 1 is 1.09 bits per heavy atom. The number of carboxylic acid groups (broad SMARTS) is 1. The highest BCUT2D eigenvalue weighted by atomic mass is 32.1. The molecule has 1 atom stereocenters. The quantitative estimate of drug-likeness (QED) is 0.415. The fraction of sp³-hybridized carbons (Fsp3) is 0.280. The fourth-order valence-corrected chi connectivity index (χ4v) is 4.76. The van der Waals surface area contributed by atoms with E-state index in [1.54, 1.807) is 0 Å². The zero-order chi connectivity index (χ0) is 25.0. The Labute approximate surface area is 206 Å². The zero-order valence-corrected chi connectivity index (χ0v) is 20.1. The van der Waals surface area contributed by atoms with E-state index in [0.717, 1.165) is 22.3 Å². The van der Waals surface area contributed by atoms with Crippen LogP contribution in [0, 0.1) is 0 Å². The number of ether oxygens (including phenoxy) is 2. The summed E-state index contributed by atoms with van der Waals surface area (Å²) in [4.78, 5) is 40.5. The number of hydrogen-bond donors (Lipinski definition) is 3. The highest BCUT2D eigenvalue weighted by molar-refractivity contribution is 7.09. The van der Waals surface area contributed by atoms with E-state index < -0.39 is 23.5 Å². The number of carbonyl (C=O) groups is 3. The van der Waals surface area contributed by atoms with Crippen LogP contribution in [-0.4, -0.2) is 53.9 Å². The standard InChI is InChI=1S/C25H25N3O6S/c1-25(14-33-2,23(30)31)28-22(29)20-13-35-21(27-20)11-26-24(32)34-12-19-17-9-5-3-7-15(17)16-8-4-6-10-18(16)19/h3-10,13,19H,11-12,14H2,1-2H3,(H,26,32)(H,28,29)(H,30,31). The van der Waals surface area contributed by atoms with Crippen molar-refractivity contribution in [2.75, 3.05) is 20.3 Å². The summed E-state index contributed by atoms with van der Waals surface area (Å²) < 4.78 is 10.4. The Kier molecular flexibility index (Phi) is 7.13. The van der Waals surface area contributed by atoms with Gasteiger partial charge in [0.1, 0.15) is 17.3 Å². The predicted molar refractivity (Wildman–Crippen MR) is 129 cm³/mol. The number of benzene rings is 2. The van der Waals surface area contributed by atoms with Crippen molar-refractivity contribution in [3.05, 3.63) is 75.7 Å². The van der Waals surface area contributed by atoms with E-state index in [1.165, 1.54) is 30.8 Å². The maximum absolute atomic E-state index is 12.4. The van der Waals surface area contributed by atoms with E-state index in [2.05, 4.69) is 27.8 Å². The van der Waals surface area contributed by atoms with Gasteiger partial charge >= 0.3 is 12.1 Å². The summed E-state index contributed by atoms with van der Waals surface area (Å²) >= 11 is 1.17. The molecule has 0 radical (unpaired) electrons. The molecule has 1 aliphatic rings. The molecule has 2 amide bonds. The van der Waals surface area contributed by atoms with E-state index in [0.29, 0.717) is 5.01 Å². The molecule has 1 heterocycles. The van der Waals surface area contributed by atoms with Crippen LogP contribution >= 0.6 is 11.3 Å². The van der Waals surface area contributed by atoms with Gasteiger partial charge in [-0.15, -0.1) is 11.3 Å². The summed E-state index contributed by atoms with van der Waals surface area (Å²) in [6, 6.07) is 16.2. The van der Waals surface area contributed by atoms with Gasteiger partial charge in [0.15, 0.2) is 5.54 Å². The second kappa shape index (κ2) is 10.2. The minimum absolute atomic E-state index is 0.0426. The molecule has 182 valence electrons. The summed E-state index contributed by atoms with van der Waals surface area (Å²) in [5.74, 6) is -1.91. The third-order valence-corrected chi connectivity index (χ3v) is 6.66. The Bertz CT molecular complexity index is 1210. The molecule has 1 aliphatic carbocycles. The van der Waals surface area contributed by atoms with Crippen LogP contribution in [0.1, 0.15) is 39.5 Å². The molecule has 1 aromatic heterocycles. The molecule has 2 aromatic carbocycles. The number of nitrogens with zero attached hydrogens (tertiary/aromatic N) is 1. The van der Waals surface area contributed by atoms with Crippen LogP contribution in [-0.2, 0) is 20.8 Å². The lowest BCUT2D eigenvalue weighted by atomic mass is 9.98. The zero-order valence-electron chi connectivity index (χ0n) is 19.2. The van der Waals surface area contributed by atoms with Gasteiger partial charge < -0.3 is 25.2 Å². The molecule has 4 rings (SSSR count). The van der Waals surface area contributed by atoms with Crippen LogP contribution < -0.4 is 10.6 Å². The van der Waals surface area contributed by atoms with Crippen molar-refractivity contribution in [2.24, 2.45) is 0 Å². The molecule has 9 nitrogen and oxygen atoms in total. The number of hydrogen-bond acceptors (Lipinski definition) is 7. The Balaban J connectivity index is 1.32. The second-order valence-electron chi connectivity index (χ2n) is 8.33. The maximum Gasteiger partial charge on any atom is 0.407 e. The molecule has 0 saturated heterocycles. The van der Waals surface area contributed by atoms with Gasteiger partial charge in [0, 0.05) is 18.4 Å². The van der Waals surface area contributed by atoms with Gasteiger partial charge in [-0.1, -0.05) is 48.5 Å². The van der Waals surface area contributed by atoms with Gasteiger partial charge in [-0.05, 0) is 29.2 Å². The normalized spacial score (nSPS) is 13.9. The van der Waals surface area contributed by atoms with Gasteiger partial charge in [0.2, 0.25) is 0 Å². The van der Waals surface area contributed by atoms with E-state index >= 15 is 0 Å². The highest BCUT2D eigenvalue weighted by Gasteiger charge is 2.36. The lowest BCUT2D eigenvalue weighted by molar-refractivity contribution is -0.145. The van der Waals surface area contributed by atoms with Crippen molar-refractivity contribution < 1.29 is 29.0 Å². The predicted octanol–water partition coefficient (Wildman–Crippen LogP) is 3.40. The van der Waals surface area contributed by atoms with E-state index in [9.17, 15) is 19.5 Å². The first-order chi connectivity index (χ1) is 16.8. The van der Waals surface area contributed by atoms with E-state index in [4.69, 9.17) is 9.47 Å². The minimum Gasteiger partial charge on any atom is -0.479 e. The summed E-state index contributed by atoms with van der Waals surface area (Å²) in [6.45, 7) is 1.42. The first-order valence-corrected chi connectivity index (χ1v) is 11.8. The number of amides is 2. The first-order valence-electron chi connectivity index (χ1n) is 10.9. The smallest absolute Gasteiger partial charge is 0.407 e. The topological polar surface area (TPSA) is 127 Å². The number of thiazole rings is 1. The van der Waals surface area contributed by atoms with Gasteiger partial charge in [-0.25, -0.2) is 14.6 Å². The van der Waals surface area contributed by atoms with Crippen LogP contribution in [0.3, 0.4) is 0 Å². The molecule has 0 aliphatic heterocycles. The second-order valence-corrected chi connectivity index (χ2v) is 9.27. The number of methoxy groups -OCH3 is 1. The Morgan fingerprint density at radius 2 is 1.71 bits per heavy atom. The number of carbonyl (C=O) groups excluding carboxylic acids is 2. The average molecular weight is 496 g/mol. The molecule has 10 heteroatoms. The van der Waals surface area contributed by atoms with Crippen LogP contribution in [0.25, 0.3) is 11.1 Å². The number of alkyl carbamates (subject to hydrolysis) is 1. The van der Waals surface area contributed by atoms with Crippen LogP contribution in [0.2, 0.25) is 0 Å². The number of fused-ring (bicyclic) bond motifs is 3. The molecule has 0 bridgehead atoms. The molecule has 0 spiro atoms. The summed E-state index contributed by atoms with van der Waals surface area (Å²) in [6.07, 6.45) is -0.591. The summed E-state index contributed by atoms with van der Waals surface area (Å²) in [5.41, 5.74) is 3.01. The Hall–Kier alpha value is -3.76. The molecule has 35 heavy (non-hydrogen) atoms. The van der Waals surface area contributed by atoms with Gasteiger partial charge in [0.25, 0.3) is 5.91 Å². The summed E-state index contributed by atoms with van der Waals surface area (Å²) in [7, 11) is 1.35. The molecule has 3 N–H and O–H groups in total. The number of carboxylic acids is 1. The number of aliphatic carboxylic acids is 1. The third kappa shape index (κ3) is 5.18. The monoisotopic (exact) mass is 495 g/mol. The summed E-state index contributed by atoms with van der Waals surface area (Å²) in [5, 5.41) is 16.4. The fourth-order valence-electron chi connectivity index (χ4n) is 4.05. The molecule has 0 fully saturated rings. The van der Waals surface area contributed by atoms with Crippen molar-refractivity contribution in [1.29, 1.82) is 0 Å². The van der Waals surface area contributed by atoms with Crippen molar-refractivity contribution in [2.45, 2.75) is 24.9 Å². The molecule has 1 unspecified atom stereocenters. The van der Waals surface area contributed by atoms with Crippen LogP contribution in [0.4, 0.5) is 4.79 Å². The SMILES string of the molecule is COCC(C)(NC(=O)c1csc(CNC(=O)OCC2c3ccccc3-c3ccccc32)n1)C(=O)O. The van der Waals surface area contributed by atoms with Crippen LogP contribution in [0.15, 0.2) is 53.9 Å². The highest BCUT2D eigenvalue weighted by Crippen LogP contribution is 2.44. The minimum atomic E-state index is -1.59. The average Bonchev–Trinajstić information content (AvgIpc) is 3.45. The maximum atomic E-state index is 12.4. The number of nitrogens with one attached hydrogen (secondary N) is 2. The lowest BCUT2D eigenvalue weighted by Gasteiger charge is -2.24. The third-order valence-electron chi connectivity index (χ3n) is 5.81.